The number of benzene rings is 1. The van der Waals surface area contributed by atoms with Crippen LogP contribution in [-0.4, -0.2) is 17.0 Å². The number of rotatable bonds is 2. The van der Waals surface area contributed by atoms with Gasteiger partial charge in [-0.15, -0.1) is 0 Å². The average Bonchev–Trinajstić information content (AvgIpc) is 2.29. The Morgan fingerprint density at radius 1 is 1.47 bits per heavy atom. The van der Waals surface area contributed by atoms with E-state index in [1.165, 1.54) is 12.1 Å². The molecule has 0 saturated heterocycles. The van der Waals surface area contributed by atoms with Gasteiger partial charge in [-0.3, -0.25) is 4.99 Å². The molecule has 1 aliphatic rings. The highest BCUT2D eigenvalue weighted by Crippen LogP contribution is 2.23. The lowest BCUT2D eigenvalue weighted by Crippen LogP contribution is -2.23. The van der Waals surface area contributed by atoms with Crippen LogP contribution < -0.4 is 5.32 Å². The molecule has 1 aliphatic heterocycles. The maximum Gasteiger partial charge on any atom is 0.161 e. The molecule has 0 bridgehead atoms. The van der Waals surface area contributed by atoms with Crippen LogP contribution in [0.25, 0.3) is 0 Å². The fraction of sp³-hybridized carbons (Fsp3) is 0.462. The molecule has 0 saturated carbocycles. The molecule has 1 unspecified atom stereocenters. The van der Waals surface area contributed by atoms with Gasteiger partial charge in [-0.05, 0) is 30.5 Å². The van der Waals surface area contributed by atoms with Crippen LogP contribution >= 0.6 is 11.8 Å². The molecule has 1 atom stereocenters. The molecule has 0 fully saturated rings. The van der Waals surface area contributed by atoms with Gasteiger partial charge < -0.3 is 5.32 Å². The molecule has 1 aromatic carbocycles. The Hall–Kier alpha value is -1.03. The molecule has 1 N–H and O–H groups in total. The highest BCUT2D eigenvalue weighted by molar-refractivity contribution is 8.14. The molecular formula is C13H17FN2S. The van der Waals surface area contributed by atoms with Crippen LogP contribution in [0.5, 0.6) is 0 Å². The van der Waals surface area contributed by atoms with Crippen LogP contribution in [0.15, 0.2) is 29.3 Å². The lowest BCUT2D eigenvalue weighted by atomic mass is 10.0. The van der Waals surface area contributed by atoms with E-state index in [4.69, 9.17) is 0 Å². The third-order valence-electron chi connectivity index (χ3n) is 2.78. The van der Waals surface area contributed by atoms with Crippen LogP contribution in [0, 0.1) is 11.7 Å². The zero-order chi connectivity index (χ0) is 12.3. The maximum atomic E-state index is 13.0. The maximum absolute atomic E-state index is 13.0. The van der Waals surface area contributed by atoms with Gasteiger partial charge in [0.15, 0.2) is 5.17 Å². The predicted octanol–water partition coefficient (Wildman–Crippen LogP) is 3.76. The molecule has 2 nitrogen and oxygen atoms in total. The Bertz CT molecular complexity index is 418. The van der Waals surface area contributed by atoms with Crippen molar-refractivity contribution < 1.29 is 4.39 Å². The third kappa shape index (κ3) is 3.46. The van der Waals surface area contributed by atoms with Crippen LogP contribution in [-0.2, 0) is 0 Å². The van der Waals surface area contributed by atoms with Gasteiger partial charge in [-0.2, -0.15) is 0 Å². The fourth-order valence-electron chi connectivity index (χ4n) is 1.77. The number of thioether (sulfide) groups is 1. The zero-order valence-corrected chi connectivity index (χ0v) is 10.9. The molecule has 0 spiro atoms. The first-order chi connectivity index (χ1) is 8.15. The van der Waals surface area contributed by atoms with E-state index in [0.717, 1.165) is 23.0 Å². The summed E-state index contributed by atoms with van der Waals surface area (Å²) in [5.41, 5.74) is 0.764. The second kappa shape index (κ2) is 5.54. The van der Waals surface area contributed by atoms with E-state index in [1.54, 1.807) is 17.8 Å². The Labute approximate surface area is 106 Å². The molecule has 17 heavy (non-hydrogen) atoms. The van der Waals surface area contributed by atoms with Gasteiger partial charge in [0.25, 0.3) is 0 Å². The van der Waals surface area contributed by atoms with Crippen molar-refractivity contribution >= 4 is 22.6 Å². The van der Waals surface area contributed by atoms with E-state index < -0.39 is 0 Å². The van der Waals surface area contributed by atoms with Crippen molar-refractivity contribution in [1.82, 2.24) is 0 Å². The molecule has 92 valence electrons. The first kappa shape index (κ1) is 12.4. The summed E-state index contributed by atoms with van der Waals surface area (Å²) in [6.45, 7) is 4.37. The second-order valence-electron chi connectivity index (χ2n) is 4.52. The lowest BCUT2D eigenvalue weighted by Gasteiger charge is -2.23. The Morgan fingerprint density at radius 3 is 3.00 bits per heavy atom. The standard InChI is InChI=1S/C13H17FN2S/c1-9(2)12-6-7-17-13(16-12)15-11-5-3-4-10(14)8-11/h3-5,8-9,12H,6-7H2,1-2H3,(H,15,16). The third-order valence-corrected chi connectivity index (χ3v) is 3.70. The average molecular weight is 252 g/mol. The SMILES string of the molecule is CC(C)C1CCSC(Nc2cccc(F)c2)=N1. The largest absolute Gasteiger partial charge is 0.335 e. The van der Waals surface area contributed by atoms with Crippen LogP contribution in [0.4, 0.5) is 10.1 Å². The summed E-state index contributed by atoms with van der Waals surface area (Å²) in [6, 6.07) is 6.86. The highest BCUT2D eigenvalue weighted by Gasteiger charge is 2.18. The van der Waals surface area contributed by atoms with Crippen molar-refractivity contribution in [2.75, 3.05) is 11.1 Å². The number of hydrogen-bond donors (Lipinski definition) is 1. The minimum atomic E-state index is -0.225. The van der Waals surface area contributed by atoms with Gasteiger partial charge in [0.1, 0.15) is 5.82 Å². The summed E-state index contributed by atoms with van der Waals surface area (Å²) in [5, 5.41) is 4.08. The van der Waals surface area contributed by atoms with Crippen LogP contribution in [0.1, 0.15) is 20.3 Å². The number of amidine groups is 1. The molecule has 0 aliphatic carbocycles. The minimum absolute atomic E-state index is 0.225. The summed E-state index contributed by atoms with van der Waals surface area (Å²) in [4.78, 5) is 4.65. The molecule has 4 heteroatoms. The normalized spacial score (nSPS) is 20.2. The van der Waals surface area contributed by atoms with Crippen molar-refractivity contribution in [2.45, 2.75) is 26.3 Å². The first-order valence-electron chi connectivity index (χ1n) is 5.88. The predicted molar refractivity (Wildman–Crippen MR) is 73.2 cm³/mol. The highest BCUT2D eigenvalue weighted by atomic mass is 32.2. The summed E-state index contributed by atoms with van der Waals surface area (Å²) in [6.07, 6.45) is 1.12. The Morgan fingerprint density at radius 2 is 2.29 bits per heavy atom. The lowest BCUT2D eigenvalue weighted by molar-refractivity contribution is 0.485. The topological polar surface area (TPSA) is 24.4 Å². The number of hydrogen-bond acceptors (Lipinski definition) is 3. The van der Waals surface area contributed by atoms with Crippen LogP contribution in [0.2, 0.25) is 0 Å². The smallest absolute Gasteiger partial charge is 0.161 e. The summed E-state index contributed by atoms with van der Waals surface area (Å²) in [5.74, 6) is 1.40. The number of anilines is 1. The summed E-state index contributed by atoms with van der Waals surface area (Å²) >= 11 is 1.70. The Balaban J connectivity index is 2.08. The molecule has 0 radical (unpaired) electrons. The van der Waals surface area contributed by atoms with Crippen LogP contribution in [0.3, 0.4) is 0 Å². The molecule has 1 heterocycles. The van der Waals surface area contributed by atoms with Gasteiger partial charge >= 0.3 is 0 Å². The van der Waals surface area contributed by atoms with E-state index in [1.807, 2.05) is 6.07 Å². The van der Waals surface area contributed by atoms with E-state index >= 15 is 0 Å². The number of aliphatic imine (C=N–C) groups is 1. The summed E-state index contributed by atoms with van der Waals surface area (Å²) < 4.78 is 13.0. The fourth-order valence-corrected chi connectivity index (χ4v) is 2.72. The van der Waals surface area contributed by atoms with E-state index in [2.05, 4.69) is 24.2 Å². The monoisotopic (exact) mass is 252 g/mol. The van der Waals surface area contributed by atoms with Gasteiger partial charge in [0.2, 0.25) is 0 Å². The molecule has 0 aromatic heterocycles. The second-order valence-corrected chi connectivity index (χ2v) is 5.60. The van der Waals surface area contributed by atoms with Gasteiger partial charge in [-0.1, -0.05) is 31.7 Å². The van der Waals surface area contributed by atoms with Gasteiger partial charge in [0.05, 0.1) is 6.04 Å². The van der Waals surface area contributed by atoms with Crippen molar-refractivity contribution in [3.05, 3.63) is 30.1 Å². The van der Waals surface area contributed by atoms with Crippen molar-refractivity contribution in [1.29, 1.82) is 0 Å². The molecule has 2 rings (SSSR count). The van der Waals surface area contributed by atoms with Crippen molar-refractivity contribution in [2.24, 2.45) is 10.9 Å². The van der Waals surface area contributed by atoms with Gasteiger partial charge in [-0.25, -0.2) is 4.39 Å². The number of halogens is 1. The first-order valence-corrected chi connectivity index (χ1v) is 6.87. The van der Waals surface area contributed by atoms with E-state index in [0.29, 0.717) is 12.0 Å². The van der Waals surface area contributed by atoms with Gasteiger partial charge in [0, 0.05) is 11.4 Å². The Kier molecular flexibility index (Phi) is 4.05. The minimum Gasteiger partial charge on any atom is -0.335 e. The van der Waals surface area contributed by atoms with E-state index in [9.17, 15) is 4.39 Å². The van der Waals surface area contributed by atoms with Crippen molar-refractivity contribution in [3.63, 3.8) is 0 Å². The number of nitrogens with zero attached hydrogens (tertiary/aromatic N) is 1. The zero-order valence-electron chi connectivity index (χ0n) is 10.1. The quantitative estimate of drug-likeness (QED) is 0.866. The molecular weight excluding hydrogens is 235 g/mol. The number of nitrogens with one attached hydrogen (secondary N) is 1. The molecule has 0 amide bonds. The summed E-state index contributed by atoms with van der Waals surface area (Å²) in [7, 11) is 0. The van der Waals surface area contributed by atoms with Crippen molar-refractivity contribution in [3.8, 4) is 0 Å². The molecule has 1 aromatic rings. The van der Waals surface area contributed by atoms with E-state index in [-0.39, 0.29) is 5.82 Å².